The molecule has 2 heterocycles. The molecule has 0 saturated carbocycles. The van der Waals surface area contributed by atoms with Crippen LogP contribution < -0.4 is 4.74 Å². The second-order valence-corrected chi connectivity index (χ2v) is 8.76. The minimum atomic E-state index is -3.72. The lowest BCUT2D eigenvalue weighted by Gasteiger charge is -2.06. The Labute approximate surface area is 173 Å². The van der Waals surface area contributed by atoms with Crippen LogP contribution in [0.15, 0.2) is 90.1 Å². The molecule has 2 aromatic heterocycles. The highest BCUT2D eigenvalue weighted by molar-refractivity contribution is 7.91. The zero-order chi connectivity index (χ0) is 20.6. The van der Waals surface area contributed by atoms with E-state index in [-0.39, 0.29) is 17.5 Å². The number of para-hydroxylation sites is 4. The van der Waals surface area contributed by atoms with Gasteiger partial charge in [-0.1, -0.05) is 48.5 Å². The van der Waals surface area contributed by atoms with E-state index in [2.05, 4.69) is 10.2 Å². The average molecular weight is 418 g/mol. The molecule has 0 unspecified atom stereocenters. The molecule has 0 radical (unpaired) electrons. The third-order valence-corrected chi connectivity index (χ3v) is 6.36. The van der Waals surface area contributed by atoms with Crippen LogP contribution in [0.2, 0.25) is 0 Å². The van der Waals surface area contributed by atoms with E-state index in [4.69, 9.17) is 4.74 Å². The van der Waals surface area contributed by atoms with Crippen molar-refractivity contribution < 1.29 is 13.2 Å². The molecule has 30 heavy (non-hydrogen) atoms. The monoisotopic (exact) mass is 418 g/mol. The van der Waals surface area contributed by atoms with Crippen molar-refractivity contribution >= 4 is 26.6 Å². The van der Waals surface area contributed by atoms with Gasteiger partial charge in [-0.3, -0.25) is 4.57 Å². The van der Waals surface area contributed by atoms with Crippen LogP contribution in [-0.2, 0) is 9.84 Å². The number of aromatic nitrogens is 4. The van der Waals surface area contributed by atoms with Crippen molar-refractivity contribution in [2.45, 2.75) is 5.16 Å². The first-order chi connectivity index (χ1) is 14.6. The average Bonchev–Trinajstić information content (AvgIpc) is 3.34. The molecule has 8 heteroatoms. The zero-order valence-electron chi connectivity index (χ0n) is 15.9. The van der Waals surface area contributed by atoms with Gasteiger partial charge in [0.05, 0.1) is 16.8 Å². The van der Waals surface area contributed by atoms with E-state index in [1.807, 2.05) is 77.4 Å². The smallest absolute Gasteiger partial charge is 0.256 e. The summed E-state index contributed by atoms with van der Waals surface area (Å²) in [4.78, 5) is 0. The SMILES string of the molecule is O=S(=O)(CCOc1ccccc1)c1nnc2n(-c3ccccc3)c3ccccc3n12. The summed E-state index contributed by atoms with van der Waals surface area (Å²) in [6, 6.07) is 26.4. The van der Waals surface area contributed by atoms with Crippen LogP contribution in [0, 0.1) is 0 Å². The minimum Gasteiger partial charge on any atom is -0.493 e. The van der Waals surface area contributed by atoms with Crippen LogP contribution in [-0.4, -0.2) is 39.9 Å². The topological polar surface area (TPSA) is 78.5 Å². The third kappa shape index (κ3) is 3.11. The second-order valence-electron chi connectivity index (χ2n) is 6.76. The predicted molar refractivity (Wildman–Crippen MR) is 114 cm³/mol. The van der Waals surface area contributed by atoms with E-state index >= 15 is 0 Å². The molecule has 5 rings (SSSR count). The Hall–Kier alpha value is -3.65. The lowest BCUT2D eigenvalue weighted by molar-refractivity contribution is 0.340. The van der Waals surface area contributed by atoms with Crippen molar-refractivity contribution in [3.05, 3.63) is 84.9 Å². The Morgan fingerprint density at radius 2 is 1.40 bits per heavy atom. The van der Waals surface area contributed by atoms with Gasteiger partial charge in [0, 0.05) is 5.69 Å². The van der Waals surface area contributed by atoms with Gasteiger partial charge < -0.3 is 4.74 Å². The highest BCUT2D eigenvalue weighted by Crippen LogP contribution is 2.26. The lowest BCUT2D eigenvalue weighted by Crippen LogP contribution is -2.16. The molecule has 0 spiro atoms. The molecule has 0 fully saturated rings. The van der Waals surface area contributed by atoms with Crippen molar-refractivity contribution in [2.24, 2.45) is 0 Å². The van der Waals surface area contributed by atoms with Gasteiger partial charge >= 0.3 is 0 Å². The molecule has 5 aromatic rings. The molecule has 3 aromatic carbocycles. The van der Waals surface area contributed by atoms with Gasteiger partial charge in [0.1, 0.15) is 12.4 Å². The highest BCUT2D eigenvalue weighted by atomic mass is 32.2. The van der Waals surface area contributed by atoms with Gasteiger partial charge in [0.2, 0.25) is 15.6 Å². The molecule has 0 aliphatic rings. The summed E-state index contributed by atoms with van der Waals surface area (Å²) in [6.45, 7) is 0.0264. The maximum Gasteiger partial charge on any atom is 0.256 e. The number of hydrogen-bond acceptors (Lipinski definition) is 5. The maximum absolute atomic E-state index is 13.1. The Morgan fingerprint density at radius 1 is 0.767 bits per heavy atom. The van der Waals surface area contributed by atoms with Crippen LogP contribution >= 0.6 is 0 Å². The molecular formula is C22H18N4O3S. The quantitative estimate of drug-likeness (QED) is 0.422. The van der Waals surface area contributed by atoms with E-state index < -0.39 is 9.84 Å². The largest absolute Gasteiger partial charge is 0.493 e. The van der Waals surface area contributed by atoms with Crippen molar-refractivity contribution in [1.29, 1.82) is 0 Å². The summed E-state index contributed by atoms with van der Waals surface area (Å²) in [5.41, 5.74) is 2.46. The molecule has 0 N–H and O–H groups in total. The predicted octanol–water partition coefficient (Wildman–Crippen LogP) is 3.53. The zero-order valence-corrected chi connectivity index (χ0v) is 16.7. The molecule has 0 aliphatic heterocycles. The van der Waals surface area contributed by atoms with Crippen LogP contribution in [0.4, 0.5) is 0 Å². The summed E-state index contributed by atoms with van der Waals surface area (Å²) in [5.74, 6) is 0.873. The fourth-order valence-electron chi connectivity index (χ4n) is 3.48. The number of nitrogens with zero attached hydrogens (tertiary/aromatic N) is 4. The highest BCUT2D eigenvalue weighted by Gasteiger charge is 2.26. The summed E-state index contributed by atoms with van der Waals surface area (Å²) in [7, 11) is -3.72. The molecule has 0 amide bonds. The summed E-state index contributed by atoms with van der Waals surface area (Å²) >= 11 is 0. The summed E-state index contributed by atoms with van der Waals surface area (Å²) < 4.78 is 35.2. The maximum atomic E-state index is 13.1. The summed E-state index contributed by atoms with van der Waals surface area (Å²) in [5, 5.41) is 8.17. The van der Waals surface area contributed by atoms with Gasteiger partial charge in [0.25, 0.3) is 5.16 Å². The van der Waals surface area contributed by atoms with Crippen LogP contribution in [0.1, 0.15) is 0 Å². The van der Waals surface area contributed by atoms with Gasteiger partial charge in [-0.25, -0.2) is 12.8 Å². The minimum absolute atomic E-state index is 0.0264. The number of fused-ring (bicyclic) bond motifs is 3. The summed E-state index contributed by atoms with van der Waals surface area (Å²) in [6.07, 6.45) is 0. The molecule has 150 valence electrons. The normalized spacial score (nSPS) is 11.9. The molecule has 0 bridgehead atoms. The molecular weight excluding hydrogens is 400 g/mol. The van der Waals surface area contributed by atoms with Crippen molar-refractivity contribution in [3.63, 3.8) is 0 Å². The Bertz CT molecular complexity index is 1430. The van der Waals surface area contributed by atoms with Gasteiger partial charge in [-0.15, -0.1) is 10.2 Å². The van der Waals surface area contributed by atoms with Crippen molar-refractivity contribution in [2.75, 3.05) is 12.4 Å². The van der Waals surface area contributed by atoms with Gasteiger partial charge in [0.15, 0.2) is 0 Å². The van der Waals surface area contributed by atoms with Crippen molar-refractivity contribution in [3.8, 4) is 11.4 Å². The number of benzene rings is 3. The second kappa shape index (κ2) is 7.31. The first kappa shape index (κ1) is 18.4. The first-order valence-corrected chi connectivity index (χ1v) is 11.1. The molecule has 0 aliphatic carbocycles. The Kier molecular flexibility index (Phi) is 4.48. The third-order valence-electron chi connectivity index (χ3n) is 4.84. The number of imidazole rings is 1. The lowest BCUT2D eigenvalue weighted by atomic mass is 10.3. The van der Waals surface area contributed by atoms with E-state index in [0.717, 1.165) is 16.7 Å². The fourth-order valence-corrected chi connectivity index (χ4v) is 4.59. The first-order valence-electron chi connectivity index (χ1n) is 9.46. The van der Waals surface area contributed by atoms with Crippen LogP contribution in [0.25, 0.3) is 22.5 Å². The van der Waals surface area contributed by atoms with E-state index in [9.17, 15) is 8.42 Å². The number of ether oxygens (including phenoxy) is 1. The number of rotatable bonds is 6. The van der Waals surface area contributed by atoms with Gasteiger partial charge in [-0.2, -0.15) is 0 Å². The Morgan fingerprint density at radius 3 is 2.13 bits per heavy atom. The van der Waals surface area contributed by atoms with Gasteiger partial charge in [-0.05, 0) is 36.4 Å². The number of sulfone groups is 1. The molecule has 0 saturated heterocycles. The fraction of sp³-hybridized carbons (Fsp3) is 0.0909. The molecule has 7 nitrogen and oxygen atoms in total. The molecule has 0 atom stereocenters. The Balaban J connectivity index is 1.57. The van der Waals surface area contributed by atoms with E-state index in [1.54, 1.807) is 16.5 Å². The van der Waals surface area contributed by atoms with Crippen LogP contribution in [0.5, 0.6) is 5.75 Å². The number of hydrogen-bond donors (Lipinski definition) is 0. The standard InChI is InChI=1S/C22H18N4O3S/c27-30(28,16-15-29-18-11-5-2-6-12-18)22-24-23-21-25(17-9-3-1-4-10-17)19-13-7-8-14-20(19)26(21)22/h1-14H,15-16H2. The van der Waals surface area contributed by atoms with Crippen molar-refractivity contribution in [1.82, 2.24) is 19.2 Å². The van der Waals surface area contributed by atoms with E-state index in [0.29, 0.717) is 11.5 Å². The van der Waals surface area contributed by atoms with E-state index in [1.165, 1.54) is 0 Å². The van der Waals surface area contributed by atoms with Crippen LogP contribution in [0.3, 0.4) is 0 Å².